The highest BCUT2D eigenvalue weighted by molar-refractivity contribution is 6.19. The molecule has 1 saturated heterocycles. The van der Waals surface area contributed by atoms with Crippen molar-refractivity contribution in [1.29, 1.82) is 0 Å². The van der Waals surface area contributed by atoms with Crippen LogP contribution in [0.3, 0.4) is 0 Å². The number of piperidine rings is 1. The molecule has 3 heteroatoms. The fraction of sp³-hybridized carbons (Fsp3) is 0.571. The summed E-state index contributed by atoms with van der Waals surface area (Å²) in [6.07, 6.45) is 8.75. The van der Waals surface area contributed by atoms with Crippen molar-refractivity contribution in [1.82, 2.24) is 4.90 Å². The molecule has 0 bridgehead atoms. The molecule has 1 amide bonds. The summed E-state index contributed by atoms with van der Waals surface area (Å²) in [6.45, 7) is 5.11. The second-order valence-corrected chi connectivity index (χ2v) is 7.19. The summed E-state index contributed by atoms with van der Waals surface area (Å²) < 4.78 is 0. The van der Waals surface area contributed by atoms with Crippen LogP contribution in [0.4, 0.5) is 0 Å². The zero-order valence-corrected chi connectivity index (χ0v) is 15.8. The maximum atomic E-state index is 12.9. The average molecular weight is 348 g/mol. The number of nitrogens with zero attached hydrogens (tertiary/aromatic N) is 1. The Bertz CT molecular complexity index is 540. The maximum Gasteiger partial charge on any atom is 0.226 e. The second-order valence-electron chi connectivity index (χ2n) is 6.93. The van der Waals surface area contributed by atoms with Gasteiger partial charge < -0.3 is 4.90 Å². The van der Waals surface area contributed by atoms with Crippen LogP contribution in [-0.2, 0) is 4.79 Å². The Morgan fingerprint density at radius 1 is 1.33 bits per heavy atom. The lowest BCUT2D eigenvalue weighted by atomic mass is 9.90. The molecular weight excluding hydrogens is 318 g/mol. The number of carbonyl (C=O) groups is 1. The second kappa shape index (κ2) is 9.88. The van der Waals surface area contributed by atoms with E-state index < -0.39 is 0 Å². The number of hydrogen-bond donors (Lipinski definition) is 0. The Morgan fingerprint density at radius 2 is 2.08 bits per heavy atom. The predicted molar refractivity (Wildman–Crippen MR) is 102 cm³/mol. The molecule has 1 aliphatic heterocycles. The van der Waals surface area contributed by atoms with E-state index in [9.17, 15) is 4.79 Å². The molecule has 0 aromatic heterocycles. The molecule has 0 saturated carbocycles. The van der Waals surface area contributed by atoms with Gasteiger partial charge in [-0.25, -0.2) is 0 Å². The van der Waals surface area contributed by atoms with Gasteiger partial charge in [-0.3, -0.25) is 4.79 Å². The predicted octanol–water partition coefficient (Wildman–Crippen LogP) is 5.73. The van der Waals surface area contributed by atoms with E-state index in [0.29, 0.717) is 11.8 Å². The van der Waals surface area contributed by atoms with Crippen LogP contribution in [-0.4, -0.2) is 23.2 Å². The number of benzene rings is 1. The number of rotatable bonds is 8. The molecule has 2 nitrogen and oxygen atoms in total. The first-order valence-corrected chi connectivity index (χ1v) is 9.74. The lowest BCUT2D eigenvalue weighted by molar-refractivity contribution is -0.141. The molecule has 1 aromatic rings. The van der Waals surface area contributed by atoms with Crippen molar-refractivity contribution >= 4 is 17.5 Å². The standard InChI is InChI=1S/C21H30ClNO/c1-17(16-22)10-5-3-8-13-20-14-9-15-23(21(20)24)18(2)19-11-6-4-7-12-19/h4,6-7,10-12,18,20H,3,5,8-9,13-16H2,1-2H3. The van der Waals surface area contributed by atoms with Crippen LogP contribution < -0.4 is 0 Å². The molecule has 1 fully saturated rings. The molecule has 0 N–H and O–H groups in total. The minimum absolute atomic E-state index is 0.177. The van der Waals surface area contributed by atoms with E-state index in [4.69, 9.17) is 11.6 Å². The van der Waals surface area contributed by atoms with Crippen molar-refractivity contribution in [2.45, 2.75) is 58.4 Å². The van der Waals surface area contributed by atoms with E-state index in [1.165, 1.54) is 11.1 Å². The summed E-state index contributed by atoms with van der Waals surface area (Å²) in [4.78, 5) is 14.9. The van der Waals surface area contributed by atoms with Gasteiger partial charge in [-0.15, -0.1) is 11.6 Å². The van der Waals surface area contributed by atoms with Gasteiger partial charge in [-0.05, 0) is 51.5 Å². The summed E-state index contributed by atoms with van der Waals surface area (Å²) in [7, 11) is 0. The molecule has 2 unspecified atom stereocenters. The molecule has 0 aliphatic carbocycles. The minimum atomic E-state index is 0.177. The number of alkyl halides is 1. The van der Waals surface area contributed by atoms with Crippen LogP contribution >= 0.6 is 11.6 Å². The van der Waals surface area contributed by atoms with Crippen LogP contribution in [0.2, 0.25) is 0 Å². The van der Waals surface area contributed by atoms with Gasteiger partial charge in [0, 0.05) is 18.3 Å². The van der Waals surface area contributed by atoms with E-state index in [0.717, 1.165) is 45.1 Å². The van der Waals surface area contributed by atoms with Gasteiger partial charge in [0.25, 0.3) is 0 Å². The molecule has 132 valence electrons. The topological polar surface area (TPSA) is 20.3 Å². The largest absolute Gasteiger partial charge is 0.336 e. The number of likely N-dealkylation sites (tertiary alicyclic amines) is 1. The highest BCUT2D eigenvalue weighted by Gasteiger charge is 2.31. The molecule has 1 aromatic carbocycles. The Labute approximate surface area is 151 Å². The van der Waals surface area contributed by atoms with Crippen molar-refractivity contribution in [3.05, 3.63) is 47.5 Å². The SMILES string of the molecule is CC(=CCCCCC1CCCN(C(C)c2ccccc2)C1=O)CCl. The van der Waals surface area contributed by atoms with Crippen molar-refractivity contribution in [3.8, 4) is 0 Å². The Hall–Kier alpha value is -1.28. The number of allylic oxidation sites excluding steroid dienone is 2. The molecule has 0 radical (unpaired) electrons. The van der Waals surface area contributed by atoms with Gasteiger partial charge >= 0.3 is 0 Å². The molecular formula is C21H30ClNO. The minimum Gasteiger partial charge on any atom is -0.336 e. The normalized spacial score (nSPS) is 20.3. The molecule has 2 rings (SSSR count). The number of amides is 1. The zero-order valence-electron chi connectivity index (χ0n) is 15.0. The Morgan fingerprint density at radius 3 is 2.79 bits per heavy atom. The highest BCUT2D eigenvalue weighted by atomic mass is 35.5. The van der Waals surface area contributed by atoms with Crippen LogP contribution in [0, 0.1) is 5.92 Å². The first kappa shape index (κ1) is 19.1. The lowest BCUT2D eigenvalue weighted by Crippen LogP contribution is -2.42. The quantitative estimate of drug-likeness (QED) is 0.334. The summed E-state index contributed by atoms with van der Waals surface area (Å²) in [5.74, 6) is 1.18. The van der Waals surface area contributed by atoms with Crippen molar-refractivity contribution in [2.24, 2.45) is 5.92 Å². The average Bonchev–Trinajstić information content (AvgIpc) is 2.62. The number of hydrogen-bond acceptors (Lipinski definition) is 1. The van der Waals surface area contributed by atoms with Crippen LogP contribution in [0.15, 0.2) is 42.0 Å². The third-order valence-electron chi connectivity index (χ3n) is 5.04. The molecule has 1 heterocycles. The smallest absolute Gasteiger partial charge is 0.226 e. The Balaban J connectivity index is 1.84. The number of carbonyl (C=O) groups excluding carboxylic acids is 1. The highest BCUT2D eigenvalue weighted by Crippen LogP contribution is 2.30. The molecule has 0 spiro atoms. The molecule has 24 heavy (non-hydrogen) atoms. The summed E-state index contributed by atoms with van der Waals surface area (Å²) in [6, 6.07) is 10.5. The summed E-state index contributed by atoms with van der Waals surface area (Å²) in [5, 5.41) is 0. The molecule has 2 atom stereocenters. The third-order valence-corrected chi connectivity index (χ3v) is 5.47. The van der Waals surface area contributed by atoms with Gasteiger partial charge in [-0.1, -0.05) is 48.4 Å². The van der Waals surface area contributed by atoms with Crippen molar-refractivity contribution in [3.63, 3.8) is 0 Å². The van der Waals surface area contributed by atoms with Gasteiger partial charge in [0.05, 0.1) is 6.04 Å². The zero-order chi connectivity index (χ0) is 17.4. The maximum absolute atomic E-state index is 12.9. The van der Waals surface area contributed by atoms with Crippen molar-refractivity contribution in [2.75, 3.05) is 12.4 Å². The molecule has 1 aliphatic rings. The summed E-state index contributed by atoms with van der Waals surface area (Å²) >= 11 is 5.78. The van der Waals surface area contributed by atoms with E-state index in [1.54, 1.807) is 0 Å². The lowest BCUT2D eigenvalue weighted by Gasteiger charge is -2.37. The van der Waals surface area contributed by atoms with Gasteiger partial charge in [0.15, 0.2) is 0 Å². The fourth-order valence-corrected chi connectivity index (χ4v) is 3.59. The first-order chi connectivity index (χ1) is 11.6. The van der Waals surface area contributed by atoms with Crippen molar-refractivity contribution < 1.29 is 4.79 Å². The number of halogens is 1. The third kappa shape index (κ3) is 5.37. The Kier molecular flexibility index (Phi) is 7.84. The van der Waals surface area contributed by atoms with E-state index in [1.807, 2.05) is 18.2 Å². The monoisotopic (exact) mass is 347 g/mol. The van der Waals surface area contributed by atoms with Gasteiger partial charge in [0.2, 0.25) is 5.91 Å². The van der Waals surface area contributed by atoms with Crippen LogP contribution in [0.1, 0.15) is 64.0 Å². The first-order valence-electron chi connectivity index (χ1n) is 9.20. The van der Waals surface area contributed by atoms with E-state index in [-0.39, 0.29) is 12.0 Å². The van der Waals surface area contributed by atoms with Gasteiger partial charge in [-0.2, -0.15) is 0 Å². The van der Waals surface area contributed by atoms with Crippen LogP contribution in [0.5, 0.6) is 0 Å². The van der Waals surface area contributed by atoms with E-state index >= 15 is 0 Å². The van der Waals surface area contributed by atoms with Crippen LogP contribution in [0.25, 0.3) is 0 Å². The van der Waals surface area contributed by atoms with Gasteiger partial charge in [0.1, 0.15) is 0 Å². The fourth-order valence-electron chi connectivity index (χ4n) is 3.48. The summed E-state index contributed by atoms with van der Waals surface area (Å²) in [5.41, 5.74) is 2.47. The van der Waals surface area contributed by atoms with E-state index in [2.05, 4.69) is 37.0 Å². The number of unbranched alkanes of at least 4 members (excludes halogenated alkanes) is 2.